The summed E-state index contributed by atoms with van der Waals surface area (Å²) in [5, 5.41) is 4.92. The Balaban J connectivity index is 3.38. The third kappa shape index (κ3) is 12.3. The van der Waals surface area contributed by atoms with Gasteiger partial charge in [-0.25, -0.2) is 13.6 Å². The van der Waals surface area contributed by atoms with Crippen molar-refractivity contribution < 1.29 is 13.2 Å². The fourth-order valence-corrected chi connectivity index (χ4v) is 2.44. The summed E-state index contributed by atoms with van der Waals surface area (Å²) < 4.78 is 27.0. The summed E-state index contributed by atoms with van der Waals surface area (Å²) in [5.74, 6) is 0.760. The fourth-order valence-electron chi connectivity index (χ4n) is 1.83. The summed E-state index contributed by atoms with van der Waals surface area (Å²) in [6, 6.07) is 0. The highest BCUT2D eigenvalue weighted by Crippen LogP contribution is 2.13. The molecule has 0 saturated carbocycles. The first kappa shape index (κ1) is 17.9. The molecule has 1 unspecified atom stereocenters. The van der Waals surface area contributed by atoms with Crippen molar-refractivity contribution in [3.8, 4) is 0 Å². The first-order valence-electron chi connectivity index (χ1n) is 7.07. The van der Waals surface area contributed by atoms with Crippen LogP contribution in [0.1, 0.15) is 58.8 Å². The van der Waals surface area contributed by atoms with Gasteiger partial charge in [-0.3, -0.25) is 0 Å². The number of sulfonamides is 1. The summed E-state index contributed by atoms with van der Waals surface area (Å²) in [6.45, 7) is 5.98. The van der Waals surface area contributed by atoms with E-state index in [-0.39, 0.29) is 5.75 Å². The predicted molar refractivity (Wildman–Crippen MR) is 76.0 cm³/mol. The van der Waals surface area contributed by atoms with Gasteiger partial charge >= 0.3 is 0 Å². The van der Waals surface area contributed by atoms with Crippen LogP contribution in [0.25, 0.3) is 0 Å². The maximum absolute atomic E-state index is 10.7. The second-order valence-corrected chi connectivity index (χ2v) is 6.65. The van der Waals surface area contributed by atoms with E-state index in [1.807, 2.05) is 0 Å². The topological polar surface area (TPSA) is 69.4 Å². The highest BCUT2D eigenvalue weighted by Gasteiger charge is 2.06. The lowest BCUT2D eigenvalue weighted by Gasteiger charge is -2.14. The zero-order chi connectivity index (χ0) is 13.9. The summed E-state index contributed by atoms with van der Waals surface area (Å²) in [5.41, 5.74) is 0. The van der Waals surface area contributed by atoms with Gasteiger partial charge in [0.25, 0.3) is 0 Å². The lowest BCUT2D eigenvalue weighted by Crippen LogP contribution is -2.16. The molecule has 0 aromatic carbocycles. The van der Waals surface area contributed by atoms with Crippen LogP contribution in [-0.2, 0) is 14.8 Å². The van der Waals surface area contributed by atoms with E-state index in [0.717, 1.165) is 26.1 Å². The van der Waals surface area contributed by atoms with Crippen molar-refractivity contribution in [3.05, 3.63) is 0 Å². The van der Waals surface area contributed by atoms with Gasteiger partial charge in [0, 0.05) is 13.2 Å². The molecule has 0 amide bonds. The summed E-state index contributed by atoms with van der Waals surface area (Å²) in [6.07, 6.45) is 7.35. The molecule has 0 fully saturated rings. The zero-order valence-corrected chi connectivity index (χ0v) is 12.7. The SMILES string of the molecule is CCCCC(CC)COCCCCCS(N)(=O)=O. The van der Waals surface area contributed by atoms with Gasteiger partial charge in [0.1, 0.15) is 0 Å². The highest BCUT2D eigenvalue weighted by atomic mass is 32.2. The largest absolute Gasteiger partial charge is 0.381 e. The molecule has 0 rings (SSSR count). The van der Waals surface area contributed by atoms with Gasteiger partial charge in [-0.2, -0.15) is 0 Å². The maximum atomic E-state index is 10.7. The van der Waals surface area contributed by atoms with Crippen LogP contribution in [0.5, 0.6) is 0 Å². The molecule has 0 bridgehead atoms. The standard InChI is InChI=1S/C13H29NO3S/c1-3-5-9-13(4-2)12-17-10-7-6-8-11-18(14,15)16/h13H,3-12H2,1-2H3,(H2,14,15,16). The van der Waals surface area contributed by atoms with Crippen LogP contribution in [0.4, 0.5) is 0 Å². The molecule has 0 heterocycles. The van der Waals surface area contributed by atoms with Crippen LogP contribution in [0.2, 0.25) is 0 Å². The van der Waals surface area contributed by atoms with Gasteiger partial charge in [0.2, 0.25) is 10.0 Å². The summed E-state index contributed by atoms with van der Waals surface area (Å²) in [7, 11) is -3.29. The van der Waals surface area contributed by atoms with E-state index in [0.29, 0.717) is 12.3 Å². The minimum atomic E-state index is -3.29. The molecule has 0 aliphatic carbocycles. The lowest BCUT2D eigenvalue weighted by atomic mass is 10.0. The lowest BCUT2D eigenvalue weighted by molar-refractivity contribution is 0.0911. The Morgan fingerprint density at radius 1 is 1.11 bits per heavy atom. The Kier molecular flexibility index (Phi) is 10.7. The van der Waals surface area contributed by atoms with Crippen LogP contribution >= 0.6 is 0 Å². The Bertz CT molecular complexity index is 278. The smallest absolute Gasteiger partial charge is 0.209 e. The van der Waals surface area contributed by atoms with Crippen molar-refractivity contribution >= 4 is 10.0 Å². The van der Waals surface area contributed by atoms with Crippen molar-refractivity contribution in [3.63, 3.8) is 0 Å². The molecule has 1 atom stereocenters. The van der Waals surface area contributed by atoms with Gasteiger partial charge in [-0.15, -0.1) is 0 Å². The third-order valence-electron chi connectivity index (χ3n) is 3.11. The zero-order valence-electron chi connectivity index (χ0n) is 11.9. The Labute approximate surface area is 112 Å². The van der Waals surface area contributed by atoms with E-state index in [9.17, 15) is 8.42 Å². The van der Waals surface area contributed by atoms with Crippen molar-refractivity contribution in [2.45, 2.75) is 58.8 Å². The molecule has 110 valence electrons. The van der Waals surface area contributed by atoms with Gasteiger partial charge in [0.05, 0.1) is 5.75 Å². The number of hydrogen-bond donors (Lipinski definition) is 1. The van der Waals surface area contributed by atoms with Gasteiger partial charge in [-0.05, 0) is 25.2 Å². The fraction of sp³-hybridized carbons (Fsp3) is 1.00. The molecule has 0 radical (unpaired) electrons. The minimum Gasteiger partial charge on any atom is -0.381 e. The Hall–Kier alpha value is -0.130. The van der Waals surface area contributed by atoms with E-state index in [4.69, 9.17) is 9.88 Å². The van der Waals surface area contributed by atoms with E-state index < -0.39 is 10.0 Å². The van der Waals surface area contributed by atoms with Crippen LogP contribution in [0.3, 0.4) is 0 Å². The average molecular weight is 279 g/mol. The number of hydrogen-bond acceptors (Lipinski definition) is 3. The average Bonchev–Trinajstić information content (AvgIpc) is 2.30. The molecule has 0 aromatic heterocycles. The van der Waals surface area contributed by atoms with Crippen molar-refractivity contribution in [1.29, 1.82) is 0 Å². The number of nitrogens with two attached hydrogens (primary N) is 1. The number of ether oxygens (including phenoxy) is 1. The third-order valence-corrected chi connectivity index (χ3v) is 3.97. The molecule has 0 aliphatic rings. The van der Waals surface area contributed by atoms with Crippen molar-refractivity contribution in [2.24, 2.45) is 11.1 Å². The molecular weight excluding hydrogens is 250 g/mol. The maximum Gasteiger partial charge on any atom is 0.209 e. The van der Waals surface area contributed by atoms with Crippen LogP contribution in [-0.4, -0.2) is 27.4 Å². The van der Waals surface area contributed by atoms with Gasteiger partial charge in [0.15, 0.2) is 0 Å². The van der Waals surface area contributed by atoms with Crippen LogP contribution in [0, 0.1) is 5.92 Å². The molecule has 5 heteroatoms. The molecule has 0 saturated heterocycles. The minimum absolute atomic E-state index is 0.0844. The highest BCUT2D eigenvalue weighted by molar-refractivity contribution is 7.89. The molecule has 0 aromatic rings. The quantitative estimate of drug-likeness (QED) is 0.558. The first-order chi connectivity index (χ1) is 8.49. The Morgan fingerprint density at radius 2 is 1.83 bits per heavy atom. The molecule has 0 spiro atoms. The van der Waals surface area contributed by atoms with E-state index in [2.05, 4.69) is 13.8 Å². The predicted octanol–water partition coefficient (Wildman–Crippen LogP) is 2.68. The van der Waals surface area contributed by atoms with E-state index in [1.165, 1.54) is 25.7 Å². The summed E-state index contributed by atoms with van der Waals surface area (Å²) >= 11 is 0. The second kappa shape index (κ2) is 10.8. The van der Waals surface area contributed by atoms with Crippen molar-refractivity contribution in [1.82, 2.24) is 0 Å². The van der Waals surface area contributed by atoms with Crippen LogP contribution < -0.4 is 5.14 Å². The van der Waals surface area contributed by atoms with Crippen LogP contribution in [0.15, 0.2) is 0 Å². The van der Waals surface area contributed by atoms with E-state index in [1.54, 1.807) is 0 Å². The van der Waals surface area contributed by atoms with Crippen molar-refractivity contribution in [2.75, 3.05) is 19.0 Å². The number of primary sulfonamides is 1. The molecule has 18 heavy (non-hydrogen) atoms. The first-order valence-corrected chi connectivity index (χ1v) is 8.79. The molecule has 0 aliphatic heterocycles. The number of rotatable bonds is 12. The normalized spacial score (nSPS) is 13.7. The van der Waals surface area contributed by atoms with Gasteiger partial charge in [-0.1, -0.05) is 39.5 Å². The van der Waals surface area contributed by atoms with Gasteiger partial charge < -0.3 is 4.74 Å². The molecule has 4 nitrogen and oxygen atoms in total. The monoisotopic (exact) mass is 279 g/mol. The number of unbranched alkanes of at least 4 members (excludes halogenated alkanes) is 3. The molecular formula is C13H29NO3S. The second-order valence-electron chi connectivity index (χ2n) is 4.92. The summed E-state index contributed by atoms with van der Waals surface area (Å²) in [4.78, 5) is 0. The Morgan fingerprint density at radius 3 is 2.39 bits per heavy atom. The molecule has 2 N–H and O–H groups in total. The van der Waals surface area contributed by atoms with E-state index >= 15 is 0 Å².